The third kappa shape index (κ3) is 7.18. The molecule has 1 aromatic carbocycles. The maximum Gasteiger partial charge on any atom is 0.303 e. The highest BCUT2D eigenvalue weighted by Crippen LogP contribution is 2.43. The van der Waals surface area contributed by atoms with Gasteiger partial charge in [0.15, 0.2) is 0 Å². The summed E-state index contributed by atoms with van der Waals surface area (Å²) in [5, 5.41) is 22.1. The Morgan fingerprint density at radius 1 is 1.19 bits per heavy atom. The number of hydrogen-bond donors (Lipinski definition) is 2. The van der Waals surface area contributed by atoms with Crippen LogP contribution >= 0.6 is 11.6 Å². The van der Waals surface area contributed by atoms with Gasteiger partial charge in [0.1, 0.15) is 5.75 Å². The van der Waals surface area contributed by atoms with E-state index >= 15 is 0 Å². The average Bonchev–Trinajstić information content (AvgIpc) is 2.90. The summed E-state index contributed by atoms with van der Waals surface area (Å²) in [5.74, 6) is -0.116. The summed E-state index contributed by atoms with van der Waals surface area (Å²) in [6, 6.07) is 11.5. The first kappa shape index (κ1) is 27.3. The van der Waals surface area contributed by atoms with Crippen LogP contribution in [0.2, 0.25) is 5.02 Å². The van der Waals surface area contributed by atoms with E-state index in [0.717, 1.165) is 68.3 Å². The molecule has 0 bridgehead atoms. The van der Waals surface area contributed by atoms with Crippen molar-refractivity contribution in [3.63, 3.8) is 0 Å². The number of carboxylic acid groups (broad SMARTS) is 1. The smallest absolute Gasteiger partial charge is 0.303 e. The molecule has 3 heterocycles. The summed E-state index contributed by atoms with van der Waals surface area (Å²) in [6.07, 6.45) is 8.54. The van der Waals surface area contributed by atoms with Crippen LogP contribution in [-0.2, 0) is 11.2 Å². The van der Waals surface area contributed by atoms with Gasteiger partial charge in [-0.15, -0.1) is 0 Å². The first-order chi connectivity index (χ1) is 17.9. The quantitative estimate of drug-likeness (QED) is 0.293. The average molecular weight is 526 g/mol. The Hall–Kier alpha value is -2.74. The Balaban J connectivity index is 1.35. The first-order valence-corrected chi connectivity index (χ1v) is 13.4. The fourth-order valence-electron chi connectivity index (χ4n) is 5.50. The molecule has 0 radical (unpaired) electrons. The Morgan fingerprint density at radius 3 is 2.70 bits per heavy atom. The number of rotatable bonds is 12. The zero-order chi connectivity index (χ0) is 26.3. The number of likely N-dealkylation sites (tertiary alicyclic amines) is 1. The minimum absolute atomic E-state index is 0.117. The number of halogens is 1. The maximum absolute atomic E-state index is 11.8. The Labute approximate surface area is 223 Å². The molecule has 2 aromatic heterocycles. The number of fused-ring (bicyclic) bond motifs is 1. The number of unbranched alkanes of at least 4 members (excludes halogenated alkanes) is 1. The van der Waals surface area contributed by atoms with Gasteiger partial charge in [0, 0.05) is 29.0 Å². The number of carboxylic acids is 1. The normalized spacial score (nSPS) is 16.5. The molecular formula is C29H36ClN3O4. The van der Waals surface area contributed by atoms with Crippen LogP contribution in [0.15, 0.2) is 48.8 Å². The zero-order valence-corrected chi connectivity index (χ0v) is 22.2. The van der Waals surface area contributed by atoms with Crippen LogP contribution in [0, 0.1) is 5.41 Å². The number of aromatic nitrogens is 2. The van der Waals surface area contributed by atoms with Gasteiger partial charge in [-0.3, -0.25) is 14.8 Å². The lowest BCUT2D eigenvalue weighted by molar-refractivity contribution is -0.141. The minimum atomic E-state index is -0.819. The molecule has 1 aliphatic rings. The fraction of sp³-hybridized carbons (Fsp3) is 0.483. The van der Waals surface area contributed by atoms with Gasteiger partial charge < -0.3 is 19.8 Å². The van der Waals surface area contributed by atoms with Crippen molar-refractivity contribution in [3.8, 4) is 5.75 Å². The summed E-state index contributed by atoms with van der Waals surface area (Å²) in [7, 11) is 1.60. The van der Waals surface area contributed by atoms with Crippen molar-refractivity contribution < 1.29 is 19.7 Å². The largest absolute Gasteiger partial charge is 0.497 e. The van der Waals surface area contributed by atoms with Gasteiger partial charge in [-0.05, 0) is 100 Å². The highest BCUT2D eigenvalue weighted by molar-refractivity contribution is 6.32. The molecule has 0 amide bonds. The lowest BCUT2D eigenvalue weighted by Gasteiger charge is -2.41. The Kier molecular flexibility index (Phi) is 9.35. The predicted octanol–water partition coefficient (Wildman–Crippen LogP) is 5.69. The third-order valence-corrected chi connectivity index (χ3v) is 7.98. The lowest BCUT2D eigenvalue weighted by atomic mass is 9.71. The second-order valence-corrected chi connectivity index (χ2v) is 10.6. The van der Waals surface area contributed by atoms with Crippen LogP contribution in [0.3, 0.4) is 0 Å². The topological polar surface area (TPSA) is 95.8 Å². The molecular weight excluding hydrogens is 490 g/mol. The van der Waals surface area contributed by atoms with Gasteiger partial charge in [0.2, 0.25) is 0 Å². The van der Waals surface area contributed by atoms with Gasteiger partial charge in [-0.25, -0.2) is 0 Å². The second-order valence-electron chi connectivity index (χ2n) is 10.1. The number of pyridine rings is 2. The number of aliphatic hydroxyl groups is 1. The maximum atomic E-state index is 11.8. The molecule has 0 unspecified atom stereocenters. The van der Waals surface area contributed by atoms with Crippen molar-refractivity contribution in [2.24, 2.45) is 5.41 Å². The zero-order valence-electron chi connectivity index (χ0n) is 21.4. The van der Waals surface area contributed by atoms with Crippen LogP contribution in [-0.4, -0.2) is 57.8 Å². The van der Waals surface area contributed by atoms with Gasteiger partial charge in [0.25, 0.3) is 0 Å². The summed E-state index contributed by atoms with van der Waals surface area (Å²) in [5.41, 5.74) is 2.16. The number of aliphatic carboxylic acids is 1. The molecule has 1 fully saturated rings. The van der Waals surface area contributed by atoms with E-state index in [9.17, 15) is 15.0 Å². The molecule has 37 heavy (non-hydrogen) atoms. The van der Waals surface area contributed by atoms with E-state index in [1.165, 1.54) is 0 Å². The molecule has 1 atom stereocenters. The number of carbonyl (C=O) groups is 1. The van der Waals surface area contributed by atoms with E-state index in [2.05, 4.69) is 20.9 Å². The predicted molar refractivity (Wildman–Crippen MR) is 145 cm³/mol. The van der Waals surface area contributed by atoms with Crippen LogP contribution in [0.4, 0.5) is 0 Å². The highest BCUT2D eigenvalue weighted by Gasteiger charge is 2.37. The molecule has 7 nitrogen and oxygen atoms in total. The lowest BCUT2D eigenvalue weighted by Crippen LogP contribution is -2.41. The molecule has 0 saturated carbocycles. The molecule has 198 valence electrons. The van der Waals surface area contributed by atoms with Gasteiger partial charge in [-0.2, -0.15) is 0 Å². The van der Waals surface area contributed by atoms with Gasteiger partial charge in [-0.1, -0.05) is 17.7 Å². The molecule has 2 N–H and O–H groups in total. The molecule has 8 heteroatoms. The van der Waals surface area contributed by atoms with Crippen molar-refractivity contribution in [1.82, 2.24) is 14.9 Å². The monoisotopic (exact) mass is 525 g/mol. The van der Waals surface area contributed by atoms with Crippen molar-refractivity contribution in [2.75, 3.05) is 26.7 Å². The summed E-state index contributed by atoms with van der Waals surface area (Å²) < 4.78 is 5.35. The highest BCUT2D eigenvalue weighted by atomic mass is 35.5. The standard InChI is InChI=1S/C29H36ClN3O4/c1-37-22-8-9-25-23(18-22)28(24(30)20-32-25)26(34)10-11-29(19-27(35)36)12-16-33(17-13-29)15-5-3-7-21-6-2-4-14-31-21/h2,4,6,8-9,14,18,20,26,34H,3,5,7,10-13,15-17,19H2,1H3,(H,35,36)/t26-/m0/s1. The van der Waals surface area contributed by atoms with Crippen molar-refractivity contribution in [2.45, 2.75) is 57.5 Å². The fourth-order valence-corrected chi connectivity index (χ4v) is 5.77. The van der Waals surface area contributed by atoms with Crippen LogP contribution < -0.4 is 4.74 Å². The molecule has 4 rings (SSSR count). The van der Waals surface area contributed by atoms with E-state index in [1.807, 2.05) is 36.5 Å². The Morgan fingerprint density at radius 2 is 2.00 bits per heavy atom. The van der Waals surface area contributed by atoms with Crippen molar-refractivity contribution in [3.05, 3.63) is 65.1 Å². The minimum Gasteiger partial charge on any atom is -0.497 e. The SMILES string of the molecule is COc1ccc2ncc(Cl)c([C@@H](O)CCC3(CC(=O)O)CCN(CCCCc4ccccn4)CC3)c2c1. The molecule has 0 aliphatic carbocycles. The van der Waals surface area contributed by atoms with E-state index in [-0.39, 0.29) is 11.8 Å². The van der Waals surface area contributed by atoms with Crippen molar-refractivity contribution >= 4 is 28.5 Å². The van der Waals surface area contributed by atoms with Crippen molar-refractivity contribution in [1.29, 1.82) is 0 Å². The second kappa shape index (κ2) is 12.7. The Bertz CT molecular complexity index is 1180. The summed E-state index contributed by atoms with van der Waals surface area (Å²) >= 11 is 6.48. The van der Waals surface area contributed by atoms with Crippen LogP contribution in [0.25, 0.3) is 10.9 Å². The summed E-state index contributed by atoms with van der Waals surface area (Å²) in [6.45, 7) is 2.77. The third-order valence-electron chi connectivity index (χ3n) is 7.68. The molecule has 0 spiro atoms. The summed E-state index contributed by atoms with van der Waals surface area (Å²) in [4.78, 5) is 23.0. The number of hydrogen-bond acceptors (Lipinski definition) is 6. The number of aryl methyl sites for hydroxylation is 1. The number of ether oxygens (including phenoxy) is 1. The number of methoxy groups -OCH3 is 1. The van der Waals surface area contributed by atoms with E-state index in [4.69, 9.17) is 16.3 Å². The number of aliphatic hydroxyl groups excluding tert-OH is 1. The number of piperidine rings is 1. The van der Waals surface area contributed by atoms with E-state index < -0.39 is 12.1 Å². The van der Waals surface area contributed by atoms with Crippen LogP contribution in [0.1, 0.15) is 62.3 Å². The molecule has 3 aromatic rings. The van der Waals surface area contributed by atoms with E-state index in [1.54, 1.807) is 13.3 Å². The van der Waals surface area contributed by atoms with Gasteiger partial charge >= 0.3 is 5.97 Å². The molecule has 1 aliphatic heterocycles. The molecule has 1 saturated heterocycles. The van der Waals surface area contributed by atoms with Gasteiger partial charge in [0.05, 0.1) is 30.2 Å². The first-order valence-electron chi connectivity index (χ1n) is 13.0. The van der Waals surface area contributed by atoms with E-state index in [0.29, 0.717) is 29.2 Å². The number of benzene rings is 1. The van der Waals surface area contributed by atoms with Crippen LogP contribution in [0.5, 0.6) is 5.75 Å². The number of nitrogens with zero attached hydrogens (tertiary/aromatic N) is 3.